The number of carbonyl (C=O) groups excluding carboxylic acids is 1. The number of halogens is 3. The van der Waals surface area contributed by atoms with Crippen molar-refractivity contribution in [3.63, 3.8) is 0 Å². The van der Waals surface area contributed by atoms with Crippen molar-refractivity contribution in [3.05, 3.63) is 29.8 Å². The van der Waals surface area contributed by atoms with Crippen molar-refractivity contribution in [2.45, 2.75) is 159 Å². The fourth-order valence-corrected chi connectivity index (χ4v) is 5.46. The van der Waals surface area contributed by atoms with Crippen molar-refractivity contribution in [2.75, 3.05) is 5.32 Å². The minimum atomic E-state index is -1.75. The maximum Gasteiger partial charge on any atom is 0.228 e. The Balaban J connectivity index is 2.19. The number of alkyl halides is 3. The summed E-state index contributed by atoms with van der Waals surface area (Å²) in [6.45, 7) is 4.49. The van der Waals surface area contributed by atoms with E-state index in [-0.39, 0.29) is 11.0 Å². The Morgan fingerprint density at radius 3 is 1.59 bits per heavy atom. The number of thiocarbonyl (C=S) groups is 1. The molecule has 0 aromatic heterocycles. The van der Waals surface area contributed by atoms with Crippen LogP contribution in [-0.2, 0) is 11.2 Å². The molecule has 1 rings (SSSR count). The predicted octanol–water partition coefficient (Wildman–Crippen LogP) is 11.2. The second kappa shape index (κ2) is 24.7. The third kappa shape index (κ3) is 21.6. The van der Waals surface area contributed by atoms with Gasteiger partial charge in [0.1, 0.15) is 6.17 Å². The summed E-state index contributed by atoms with van der Waals surface area (Å²) in [7, 11) is 0. The van der Waals surface area contributed by atoms with Crippen LogP contribution < -0.4 is 16.0 Å². The highest BCUT2D eigenvalue weighted by Crippen LogP contribution is 2.29. The number of unbranched alkanes of at least 4 members (excludes halogenated alkanes) is 17. The molecule has 0 fully saturated rings. The zero-order chi connectivity index (χ0) is 30.2. The SMILES string of the molecule is CCCCCCCCCCCCCCCCCC(=O)N[C@H](NC(=S)Nc1ccc(CCCCCC)cc1)C(Cl)(Cl)Cl. The molecular weight excluding hydrogens is 593 g/mol. The van der Waals surface area contributed by atoms with Crippen molar-refractivity contribution in [3.8, 4) is 0 Å². The fraction of sp³-hybridized carbons (Fsp3) is 0.758. The minimum absolute atomic E-state index is 0.154. The van der Waals surface area contributed by atoms with E-state index in [1.54, 1.807) is 0 Å². The molecule has 0 aliphatic carbocycles. The first-order valence-electron chi connectivity index (χ1n) is 16.3. The van der Waals surface area contributed by atoms with Gasteiger partial charge in [-0.15, -0.1) is 0 Å². The lowest BCUT2D eigenvalue weighted by atomic mass is 10.0. The summed E-state index contributed by atoms with van der Waals surface area (Å²) in [5, 5.41) is 9.13. The summed E-state index contributed by atoms with van der Waals surface area (Å²) in [6, 6.07) is 8.18. The third-order valence-electron chi connectivity index (χ3n) is 7.45. The van der Waals surface area contributed by atoms with E-state index in [1.165, 1.54) is 108 Å². The molecule has 0 radical (unpaired) electrons. The number of nitrogens with one attached hydrogen (secondary N) is 3. The molecule has 0 saturated heterocycles. The Morgan fingerprint density at radius 1 is 0.683 bits per heavy atom. The second-order valence-electron chi connectivity index (χ2n) is 11.3. The molecule has 236 valence electrons. The van der Waals surface area contributed by atoms with Gasteiger partial charge in [0.25, 0.3) is 0 Å². The lowest BCUT2D eigenvalue weighted by molar-refractivity contribution is -0.122. The maximum atomic E-state index is 12.5. The molecule has 0 heterocycles. The molecule has 4 nitrogen and oxygen atoms in total. The number of carbonyl (C=O) groups is 1. The van der Waals surface area contributed by atoms with Crippen LogP contribution in [0.1, 0.15) is 148 Å². The number of anilines is 1. The molecule has 0 spiro atoms. The molecule has 1 aromatic rings. The van der Waals surface area contributed by atoms with E-state index in [2.05, 4.69) is 41.9 Å². The molecule has 0 unspecified atom stereocenters. The van der Waals surface area contributed by atoms with Crippen molar-refractivity contribution in [2.24, 2.45) is 0 Å². The molecule has 1 aromatic carbocycles. The summed E-state index contributed by atoms with van der Waals surface area (Å²) in [5.41, 5.74) is 2.14. The van der Waals surface area contributed by atoms with Gasteiger partial charge in [-0.1, -0.05) is 170 Å². The lowest BCUT2D eigenvalue weighted by Crippen LogP contribution is -2.56. The Labute approximate surface area is 271 Å². The van der Waals surface area contributed by atoms with E-state index in [9.17, 15) is 4.79 Å². The highest BCUT2D eigenvalue weighted by molar-refractivity contribution is 7.80. The topological polar surface area (TPSA) is 53.2 Å². The van der Waals surface area contributed by atoms with Gasteiger partial charge in [-0.25, -0.2) is 0 Å². The summed E-state index contributed by atoms with van der Waals surface area (Å²) in [4.78, 5) is 12.5. The summed E-state index contributed by atoms with van der Waals surface area (Å²) in [5.74, 6) is -0.154. The van der Waals surface area contributed by atoms with E-state index >= 15 is 0 Å². The van der Waals surface area contributed by atoms with Gasteiger partial charge in [0.2, 0.25) is 9.70 Å². The maximum absolute atomic E-state index is 12.5. The quantitative estimate of drug-likeness (QED) is 0.0452. The average Bonchev–Trinajstić information content (AvgIpc) is 2.93. The lowest BCUT2D eigenvalue weighted by Gasteiger charge is -2.27. The number of benzene rings is 1. The number of amides is 1. The van der Waals surface area contributed by atoms with E-state index in [4.69, 9.17) is 47.0 Å². The van der Waals surface area contributed by atoms with Gasteiger partial charge in [-0.2, -0.15) is 0 Å². The largest absolute Gasteiger partial charge is 0.339 e. The van der Waals surface area contributed by atoms with Crippen molar-refractivity contribution < 1.29 is 4.79 Å². The first kappa shape index (κ1) is 38.3. The van der Waals surface area contributed by atoms with E-state index < -0.39 is 9.96 Å². The highest BCUT2D eigenvalue weighted by Gasteiger charge is 2.34. The second-order valence-corrected chi connectivity index (χ2v) is 14.1. The van der Waals surface area contributed by atoms with Crippen LogP contribution in [0.25, 0.3) is 0 Å². The molecule has 1 atom stereocenters. The van der Waals surface area contributed by atoms with E-state index in [0.717, 1.165) is 31.4 Å². The van der Waals surface area contributed by atoms with Gasteiger partial charge in [0, 0.05) is 12.1 Å². The number of aryl methyl sites for hydroxylation is 1. The first-order valence-corrected chi connectivity index (χ1v) is 17.8. The Hall–Kier alpha value is -0.750. The Bertz CT molecular complexity index is 802. The molecule has 8 heteroatoms. The van der Waals surface area contributed by atoms with E-state index in [1.807, 2.05) is 12.1 Å². The Kier molecular flexibility index (Phi) is 23.0. The van der Waals surface area contributed by atoms with Crippen LogP contribution in [0.5, 0.6) is 0 Å². The predicted molar refractivity (Wildman–Crippen MR) is 185 cm³/mol. The van der Waals surface area contributed by atoms with Crippen LogP contribution in [0.3, 0.4) is 0 Å². The van der Waals surface area contributed by atoms with Crippen LogP contribution in [0.4, 0.5) is 5.69 Å². The number of hydrogen-bond acceptors (Lipinski definition) is 2. The zero-order valence-electron chi connectivity index (χ0n) is 25.7. The number of rotatable bonds is 24. The molecule has 0 aliphatic heterocycles. The van der Waals surface area contributed by atoms with E-state index in [0.29, 0.717) is 6.42 Å². The first-order chi connectivity index (χ1) is 19.8. The molecule has 0 bridgehead atoms. The van der Waals surface area contributed by atoms with Crippen molar-refractivity contribution >= 4 is 63.7 Å². The Morgan fingerprint density at radius 2 is 1.12 bits per heavy atom. The van der Waals surface area contributed by atoms with Crippen LogP contribution in [0.2, 0.25) is 0 Å². The van der Waals surface area contributed by atoms with Gasteiger partial charge in [0.05, 0.1) is 0 Å². The van der Waals surface area contributed by atoms with Gasteiger partial charge in [-0.3, -0.25) is 4.79 Å². The van der Waals surface area contributed by atoms with Crippen LogP contribution >= 0.6 is 47.0 Å². The van der Waals surface area contributed by atoms with Crippen LogP contribution in [0.15, 0.2) is 24.3 Å². The summed E-state index contributed by atoms with van der Waals surface area (Å²) >= 11 is 23.9. The van der Waals surface area contributed by atoms with Crippen LogP contribution in [-0.4, -0.2) is 21.0 Å². The molecule has 0 aliphatic rings. The molecule has 41 heavy (non-hydrogen) atoms. The minimum Gasteiger partial charge on any atom is -0.339 e. The summed E-state index contributed by atoms with van der Waals surface area (Å²) in [6.07, 6.45) is 24.8. The van der Waals surface area contributed by atoms with Gasteiger partial charge in [0.15, 0.2) is 5.11 Å². The van der Waals surface area contributed by atoms with Gasteiger partial charge >= 0.3 is 0 Å². The average molecular weight is 649 g/mol. The van der Waals surface area contributed by atoms with Gasteiger partial charge < -0.3 is 16.0 Å². The van der Waals surface area contributed by atoms with Gasteiger partial charge in [-0.05, 0) is 49.2 Å². The monoisotopic (exact) mass is 647 g/mol. The van der Waals surface area contributed by atoms with Crippen molar-refractivity contribution in [1.82, 2.24) is 10.6 Å². The third-order valence-corrected chi connectivity index (χ3v) is 8.32. The molecule has 3 N–H and O–H groups in total. The molecule has 1 amide bonds. The highest BCUT2D eigenvalue weighted by atomic mass is 35.6. The van der Waals surface area contributed by atoms with Crippen LogP contribution in [0, 0.1) is 0 Å². The molecular formula is C33H56Cl3N3OS. The molecule has 0 saturated carbocycles. The zero-order valence-corrected chi connectivity index (χ0v) is 28.8. The normalized spacial score (nSPS) is 12.2. The smallest absolute Gasteiger partial charge is 0.228 e. The number of hydrogen-bond donors (Lipinski definition) is 3. The fourth-order valence-electron chi connectivity index (χ4n) is 4.90. The standard InChI is InChI=1S/C33H56Cl3N3OS/c1-3-5-7-9-10-11-12-13-14-15-16-17-18-19-21-23-30(40)38-31(33(34,35)36)39-32(41)37-29-26-24-28(25-27-29)22-20-8-6-4-2/h24-27,31H,3-23H2,1-2H3,(H,38,40)(H2,37,39,41)/t31-/m1/s1. The van der Waals surface area contributed by atoms with Crippen molar-refractivity contribution in [1.29, 1.82) is 0 Å². The summed E-state index contributed by atoms with van der Waals surface area (Å²) < 4.78 is -1.75.